The maximum Gasteiger partial charge on any atom is 0.451 e. The summed E-state index contributed by atoms with van der Waals surface area (Å²) in [5.74, 6) is -1.26. The second-order valence-electron chi connectivity index (χ2n) is 7.86. The Morgan fingerprint density at radius 3 is 2.48 bits per heavy atom. The van der Waals surface area contributed by atoms with Gasteiger partial charge in [0.1, 0.15) is 5.52 Å². The molecule has 5 rings (SSSR count). The summed E-state index contributed by atoms with van der Waals surface area (Å²) in [5, 5.41) is 10.1. The summed E-state index contributed by atoms with van der Waals surface area (Å²) >= 11 is 0. The minimum absolute atomic E-state index is 0.183. The Hall–Kier alpha value is -3.73. The molecule has 168 valence electrons. The minimum atomic E-state index is -4.67. The molecular weight excluding hydrogens is 437 g/mol. The standard InChI is InChI=1S/C22H17F3N6O2/c23-22(24,25)21-27-9-13(10-28-21)17-7-16-19(18(30-17)12-2-1-5-26-8-12)29-11-31(20(16)33)14-3-4-15(32)6-14/h1-2,5,7-11,14-15,32H,3-4,6H2. The number of aromatic nitrogens is 6. The molecule has 1 aliphatic carbocycles. The number of nitrogens with zero attached hydrogens (tertiary/aromatic N) is 6. The van der Waals surface area contributed by atoms with Crippen molar-refractivity contribution in [2.45, 2.75) is 37.6 Å². The van der Waals surface area contributed by atoms with Crippen LogP contribution in [0.25, 0.3) is 33.4 Å². The van der Waals surface area contributed by atoms with Crippen molar-refractivity contribution in [3.05, 3.63) is 65.5 Å². The van der Waals surface area contributed by atoms with E-state index in [2.05, 4.69) is 24.9 Å². The van der Waals surface area contributed by atoms with Gasteiger partial charge in [-0.25, -0.2) is 19.9 Å². The summed E-state index contributed by atoms with van der Waals surface area (Å²) in [6.07, 6.45) is 3.22. The number of aliphatic hydroxyl groups is 1. The predicted octanol–water partition coefficient (Wildman–Crippen LogP) is 3.42. The number of pyridine rings is 2. The number of hydrogen-bond donors (Lipinski definition) is 1. The summed E-state index contributed by atoms with van der Waals surface area (Å²) in [4.78, 5) is 33.3. The van der Waals surface area contributed by atoms with Gasteiger partial charge in [0.2, 0.25) is 5.82 Å². The van der Waals surface area contributed by atoms with Crippen molar-refractivity contribution in [2.24, 2.45) is 0 Å². The van der Waals surface area contributed by atoms with E-state index in [4.69, 9.17) is 0 Å². The summed E-state index contributed by atoms with van der Waals surface area (Å²) in [6, 6.07) is 4.76. The molecule has 2 unspecified atom stereocenters. The van der Waals surface area contributed by atoms with E-state index in [1.807, 2.05) is 0 Å². The molecule has 0 saturated heterocycles. The third kappa shape index (κ3) is 3.95. The van der Waals surface area contributed by atoms with Gasteiger partial charge in [-0.2, -0.15) is 13.2 Å². The molecule has 8 nitrogen and oxygen atoms in total. The Balaban J connectivity index is 1.71. The first-order valence-corrected chi connectivity index (χ1v) is 10.2. The molecule has 0 amide bonds. The third-order valence-corrected chi connectivity index (χ3v) is 5.68. The smallest absolute Gasteiger partial charge is 0.393 e. The summed E-state index contributed by atoms with van der Waals surface area (Å²) in [5.41, 5.74) is 1.45. The van der Waals surface area contributed by atoms with Crippen molar-refractivity contribution in [1.82, 2.24) is 29.5 Å². The second kappa shape index (κ2) is 8.00. The molecule has 1 saturated carbocycles. The lowest BCUT2D eigenvalue weighted by Crippen LogP contribution is -2.24. The maximum absolute atomic E-state index is 13.4. The lowest BCUT2D eigenvalue weighted by Gasteiger charge is -2.15. The van der Waals surface area contributed by atoms with Crippen LogP contribution >= 0.6 is 0 Å². The van der Waals surface area contributed by atoms with Crippen LogP contribution in [0.2, 0.25) is 0 Å². The molecular formula is C22H17F3N6O2. The SMILES string of the molecule is O=c1c2cc(-c3cnc(C(F)(F)F)nc3)nc(-c3cccnc3)c2ncn1C1CCC(O)C1. The van der Waals surface area contributed by atoms with Crippen LogP contribution in [0.3, 0.4) is 0 Å². The highest BCUT2D eigenvalue weighted by Crippen LogP contribution is 2.32. The van der Waals surface area contributed by atoms with E-state index in [1.54, 1.807) is 24.5 Å². The third-order valence-electron chi connectivity index (χ3n) is 5.68. The Morgan fingerprint density at radius 1 is 1.06 bits per heavy atom. The summed E-state index contributed by atoms with van der Waals surface area (Å²) in [6.45, 7) is 0. The van der Waals surface area contributed by atoms with Crippen molar-refractivity contribution in [1.29, 1.82) is 0 Å². The number of hydrogen-bond acceptors (Lipinski definition) is 7. The first-order valence-electron chi connectivity index (χ1n) is 10.2. The number of fused-ring (bicyclic) bond motifs is 1. The molecule has 1 N–H and O–H groups in total. The number of halogens is 3. The van der Waals surface area contributed by atoms with E-state index < -0.39 is 18.1 Å². The first kappa shape index (κ1) is 21.1. The quantitative estimate of drug-likeness (QED) is 0.506. The maximum atomic E-state index is 13.4. The van der Waals surface area contributed by atoms with Gasteiger partial charge in [0, 0.05) is 42.0 Å². The molecule has 0 spiro atoms. The Bertz CT molecular complexity index is 1370. The minimum Gasteiger partial charge on any atom is -0.393 e. The van der Waals surface area contributed by atoms with Gasteiger partial charge in [-0.3, -0.25) is 14.3 Å². The van der Waals surface area contributed by atoms with Gasteiger partial charge in [0.15, 0.2) is 0 Å². The largest absolute Gasteiger partial charge is 0.451 e. The van der Waals surface area contributed by atoms with Crippen LogP contribution in [0.15, 0.2) is 54.1 Å². The molecule has 4 aromatic rings. The van der Waals surface area contributed by atoms with Crippen molar-refractivity contribution in [3.63, 3.8) is 0 Å². The van der Waals surface area contributed by atoms with Crippen LogP contribution in [0, 0.1) is 0 Å². The lowest BCUT2D eigenvalue weighted by molar-refractivity contribution is -0.144. The zero-order valence-electron chi connectivity index (χ0n) is 17.1. The van der Waals surface area contributed by atoms with Gasteiger partial charge >= 0.3 is 6.18 Å². The number of rotatable bonds is 3. The Kier molecular flexibility index (Phi) is 5.12. The summed E-state index contributed by atoms with van der Waals surface area (Å²) < 4.78 is 40.1. The average Bonchev–Trinajstić information content (AvgIpc) is 3.25. The summed E-state index contributed by atoms with van der Waals surface area (Å²) in [7, 11) is 0. The van der Waals surface area contributed by atoms with Gasteiger partial charge in [0.05, 0.1) is 29.2 Å². The molecule has 0 aliphatic heterocycles. The van der Waals surface area contributed by atoms with Crippen molar-refractivity contribution in [3.8, 4) is 22.5 Å². The molecule has 0 bridgehead atoms. The molecule has 1 aliphatic rings. The molecule has 11 heteroatoms. The van der Waals surface area contributed by atoms with E-state index >= 15 is 0 Å². The zero-order chi connectivity index (χ0) is 23.2. The topological polar surface area (TPSA) is 107 Å². The normalized spacial score (nSPS) is 18.7. The van der Waals surface area contributed by atoms with Crippen LogP contribution in [0.4, 0.5) is 13.2 Å². The first-order chi connectivity index (χ1) is 15.8. The van der Waals surface area contributed by atoms with Crippen LogP contribution in [-0.2, 0) is 6.18 Å². The van der Waals surface area contributed by atoms with E-state index in [0.29, 0.717) is 36.0 Å². The van der Waals surface area contributed by atoms with Crippen molar-refractivity contribution in [2.75, 3.05) is 0 Å². The molecule has 0 radical (unpaired) electrons. The monoisotopic (exact) mass is 454 g/mol. The van der Waals surface area contributed by atoms with Crippen LogP contribution in [0.5, 0.6) is 0 Å². The fraction of sp³-hybridized carbons (Fsp3) is 0.273. The van der Waals surface area contributed by atoms with E-state index in [-0.39, 0.29) is 28.2 Å². The van der Waals surface area contributed by atoms with E-state index in [9.17, 15) is 23.1 Å². The van der Waals surface area contributed by atoms with Crippen molar-refractivity contribution >= 4 is 10.9 Å². The van der Waals surface area contributed by atoms with Gasteiger partial charge in [-0.15, -0.1) is 0 Å². The van der Waals surface area contributed by atoms with Crippen LogP contribution in [0.1, 0.15) is 31.1 Å². The zero-order valence-corrected chi connectivity index (χ0v) is 17.1. The van der Waals surface area contributed by atoms with E-state index in [1.165, 1.54) is 17.0 Å². The molecule has 1 fully saturated rings. The fourth-order valence-electron chi connectivity index (χ4n) is 4.05. The molecule has 4 heterocycles. The highest BCUT2D eigenvalue weighted by Gasteiger charge is 2.34. The van der Waals surface area contributed by atoms with Gasteiger partial charge in [-0.05, 0) is 37.5 Å². The Morgan fingerprint density at radius 2 is 1.85 bits per heavy atom. The van der Waals surface area contributed by atoms with Gasteiger partial charge in [0.25, 0.3) is 5.56 Å². The molecule has 33 heavy (non-hydrogen) atoms. The van der Waals surface area contributed by atoms with Crippen LogP contribution in [-0.4, -0.2) is 40.7 Å². The number of alkyl halides is 3. The van der Waals surface area contributed by atoms with Crippen LogP contribution < -0.4 is 5.56 Å². The van der Waals surface area contributed by atoms with Crippen molar-refractivity contribution < 1.29 is 18.3 Å². The van der Waals surface area contributed by atoms with Gasteiger partial charge < -0.3 is 5.11 Å². The Labute approximate surface area is 184 Å². The fourth-order valence-corrected chi connectivity index (χ4v) is 4.05. The molecule has 4 aromatic heterocycles. The molecule has 2 atom stereocenters. The molecule has 0 aromatic carbocycles. The second-order valence-corrected chi connectivity index (χ2v) is 7.86. The highest BCUT2D eigenvalue weighted by atomic mass is 19.4. The van der Waals surface area contributed by atoms with Gasteiger partial charge in [-0.1, -0.05) is 0 Å². The lowest BCUT2D eigenvalue weighted by atomic mass is 10.1. The highest BCUT2D eigenvalue weighted by molar-refractivity contribution is 5.93. The predicted molar refractivity (Wildman–Crippen MR) is 112 cm³/mol. The average molecular weight is 454 g/mol. The number of aliphatic hydroxyl groups excluding tert-OH is 1. The van der Waals surface area contributed by atoms with E-state index in [0.717, 1.165) is 12.4 Å².